The molecule has 1 aromatic heterocycles. The fourth-order valence-electron chi connectivity index (χ4n) is 2.56. The summed E-state index contributed by atoms with van der Waals surface area (Å²) in [6.07, 6.45) is 7.27. The Morgan fingerprint density at radius 1 is 1.35 bits per heavy atom. The van der Waals surface area contributed by atoms with Crippen LogP contribution >= 0.6 is 11.8 Å². The van der Waals surface area contributed by atoms with Gasteiger partial charge >= 0.3 is 0 Å². The summed E-state index contributed by atoms with van der Waals surface area (Å²) in [4.78, 5) is 8.42. The predicted octanol–water partition coefficient (Wildman–Crippen LogP) is 2.59. The molecule has 2 N–H and O–H groups in total. The molecule has 104 valence electrons. The van der Waals surface area contributed by atoms with Gasteiger partial charge in [-0.25, -0.2) is 4.98 Å². The Balaban J connectivity index is 1.80. The van der Waals surface area contributed by atoms with Crippen LogP contribution in [0.2, 0.25) is 0 Å². The highest BCUT2D eigenvalue weighted by Crippen LogP contribution is 2.39. The van der Waals surface area contributed by atoms with Crippen molar-refractivity contribution in [2.45, 2.75) is 29.2 Å². The number of hydrogen-bond acceptors (Lipinski definition) is 5. The van der Waals surface area contributed by atoms with Crippen molar-refractivity contribution in [1.82, 2.24) is 9.97 Å². The van der Waals surface area contributed by atoms with Crippen LogP contribution in [0.3, 0.4) is 0 Å². The molecule has 2 atom stereocenters. The smallest absolute Gasteiger partial charge is 0.119 e. The predicted molar refractivity (Wildman–Crippen MR) is 79.9 cm³/mol. The van der Waals surface area contributed by atoms with Crippen molar-refractivity contribution in [3.8, 4) is 5.75 Å². The van der Waals surface area contributed by atoms with Crippen molar-refractivity contribution in [3.05, 3.63) is 47.9 Å². The Kier molecular flexibility index (Phi) is 3.89. The van der Waals surface area contributed by atoms with Crippen LogP contribution in [0.4, 0.5) is 0 Å². The lowest BCUT2D eigenvalue weighted by molar-refractivity contribution is 0.413. The molecule has 0 amide bonds. The lowest BCUT2D eigenvalue weighted by atomic mass is 9.87. The minimum Gasteiger partial charge on any atom is -0.497 e. The molecule has 4 nitrogen and oxygen atoms in total. The maximum absolute atomic E-state index is 6.42. The molecule has 1 aromatic carbocycles. The highest BCUT2D eigenvalue weighted by Gasteiger charge is 2.28. The maximum atomic E-state index is 6.42. The van der Waals surface area contributed by atoms with Crippen LogP contribution in [0.25, 0.3) is 0 Å². The van der Waals surface area contributed by atoms with Crippen LogP contribution < -0.4 is 10.5 Å². The molecule has 0 saturated carbocycles. The lowest BCUT2D eigenvalue weighted by Crippen LogP contribution is -2.29. The summed E-state index contributed by atoms with van der Waals surface area (Å²) in [7, 11) is 1.69. The first-order valence-electron chi connectivity index (χ1n) is 6.63. The summed E-state index contributed by atoms with van der Waals surface area (Å²) < 4.78 is 5.27. The minimum absolute atomic E-state index is 0.0247. The van der Waals surface area contributed by atoms with E-state index in [1.165, 1.54) is 11.1 Å². The van der Waals surface area contributed by atoms with Crippen molar-refractivity contribution < 1.29 is 4.74 Å². The number of methoxy groups -OCH3 is 1. The first-order chi connectivity index (χ1) is 9.78. The van der Waals surface area contributed by atoms with E-state index in [0.29, 0.717) is 5.25 Å². The van der Waals surface area contributed by atoms with Gasteiger partial charge in [-0.1, -0.05) is 17.8 Å². The quantitative estimate of drug-likeness (QED) is 0.940. The summed E-state index contributed by atoms with van der Waals surface area (Å²) in [5, 5.41) is 1.28. The van der Waals surface area contributed by atoms with Crippen LogP contribution in [-0.4, -0.2) is 22.3 Å². The Labute approximate surface area is 122 Å². The van der Waals surface area contributed by atoms with E-state index in [9.17, 15) is 0 Å². The lowest BCUT2D eigenvalue weighted by Gasteiger charge is -2.30. The second kappa shape index (κ2) is 5.81. The molecular weight excluding hydrogens is 270 g/mol. The van der Waals surface area contributed by atoms with Crippen molar-refractivity contribution in [3.63, 3.8) is 0 Å². The highest BCUT2D eigenvalue weighted by molar-refractivity contribution is 7.99. The van der Waals surface area contributed by atoms with Gasteiger partial charge in [0.25, 0.3) is 0 Å². The normalized spacial score (nSPS) is 21.3. The van der Waals surface area contributed by atoms with Crippen molar-refractivity contribution in [2.24, 2.45) is 5.73 Å². The summed E-state index contributed by atoms with van der Waals surface area (Å²) in [5.74, 6) is 0.899. The third-order valence-electron chi connectivity index (χ3n) is 3.62. The van der Waals surface area contributed by atoms with E-state index in [2.05, 4.69) is 22.1 Å². The van der Waals surface area contributed by atoms with Gasteiger partial charge in [0, 0.05) is 23.7 Å². The second-order valence-electron chi connectivity index (χ2n) is 4.83. The molecule has 1 aliphatic rings. The highest BCUT2D eigenvalue weighted by atomic mass is 32.2. The fourth-order valence-corrected chi connectivity index (χ4v) is 3.64. The zero-order chi connectivity index (χ0) is 13.9. The van der Waals surface area contributed by atoms with Gasteiger partial charge in [0.1, 0.15) is 10.8 Å². The summed E-state index contributed by atoms with van der Waals surface area (Å²) in [5.41, 5.74) is 8.94. The number of ether oxygens (including phenoxy) is 1. The number of aromatic nitrogens is 2. The zero-order valence-electron chi connectivity index (χ0n) is 11.3. The van der Waals surface area contributed by atoms with Gasteiger partial charge in [0.2, 0.25) is 0 Å². The van der Waals surface area contributed by atoms with Crippen LogP contribution in [0.1, 0.15) is 23.6 Å². The van der Waals surface area contributed by atoms with E-state index in [-0.39, 0.29) is 6.04 Å². The molecule has 1 aliphatic carbocycles. The van der Waals surface area contributed by atoms with Crippen molar-refractivity contribution in [2.75, 3.05) is 7.11 Å². The molecule has 2 aromatic rings. The molecule has 3 rings (SSSR count). The van der Waals surface area contributed by atoms with Crippen LogP contribution in [-0.2, 0) is 6.42 Å². The van der Waals surface area contributed by atoms with Crippen molar-refractivity contribution in [1.29, 1.82) is 0 Å². The number of fused-ring (bicyclic) bond motifs is 1. The van der Waals surface area contributed by atoms with E-state index < -0.39 is 0 Å². The van der Waals surface area contributed by atoms with Gasteiger partial charge < -0.3 is 10.5 Å². The summed E-state index contributed by atoms with van der Waals surface area (Å²) >= 11 is 1.72. The minimum atomic E-state index is 0.0247. The molecule has 0 spiro atoms. The number of hydrogen-bond donors (Lipinski definition) is 1. The Bertz CT molecular complexity index is 591. The zero-order valence-corrected chi connectivity index (χ0v) is 12.1. The molecule has 1 heterocycles. The molecule has 0 aliphatic heterocycles. The van der Waals surface area contributed by atoms with E-state index in [4.69, 9.17) is 10.5 Å². The van der Waals surface area contributed by atoms with E-state index in [1.807, 2.05) is 6.07 Å². The number of nitrogens with two attached hydrogens (primary N) is 1. The monoisotopic (exact) mass is 287 g/mol. The van der Waals surface area contributed by atoms with Gasteiger partial charge in [-0.3, -0.25) is 4.98 Å². The average molecular weight is 287 g/mol. The van der Waals surface area contributed by atoms with Crippen LogP contribution in [0.15, 0.2) is 41.8 Å². The second-order valence-corrected chi connectivity index (χ2v) is 6.09. The molecule has 0 radical (unpaired) electrons. The number of aryl methyl sites for hydroxylation is 1. The van der Waals surface area contributed by atoms with Gasteiger partial charge in [-0.2, -0.15) is 0 Å². The SMILES string of the molecule is COc1ccc2c(c1)CCC(Sc1cnccn1)C2N. The molecule has 0 saturated heterocycles. The van der Waals surface area contributed by atoms with Crippen LogP contribution in [0, 0.1) is 0 Å². The first kappa shape index (κ1) is 13.4. The summed E-state index contributed by atoms with van der Waals surface area (Å²) in [6, 6.07) is 6.19. The Hall–Kier alpha value is -1.59. The van der Waals surface area contributed by atoms with Gasteiger partial charge in [-0.05, 0) is 36.1 Å². The number of thioether (sulfide) groups is 1. The Morgan fingerprint density at radius 2 is 2.25 bits per heavy atom. The van der Waals surface area contributed by atoms with E-state index in [0.717, 1.165) is 23.6 Å². The average Bonchev–Trinajstić information content (AvgIpc) is 2.51. The number of nitrogens with zero attached hydrogens (tertiary/aromatic N) is 2. The largest absolute Gasteiger partial charge is 0.497 e. The standard InChI is InChI=1S/C15H17N3OS/c1-19-11-3-4-12-10(8-11)2-5-13(15(12)16)20-14-9-17-6-7-18-14/h3-4,6-9,13,15H,2,5,16H2,1H3. The Morgan fingerprint density at radius 3 is 3.00 bits per heavy atom. The molecule has 5 heteroatoms. The third-order valence-corrected chi connectivity index (χ3v) is 4.90. The molecule has 0 bridgehead atoms. The number of benzene rings is 1. The molecular formula is C15H17N3OS. The van der Waals surface area contributed by atoms with E-state index >= 15 is 0 Å². The van der Waals surface area contributed by atoms with Gasteiger partial charge in [-0.15, -0.1) is 0 Å². The van der Waals surface area contributed by atoms with E-state index in [1.54, 1.807) is 37.5 Å². The van der Waals surface area contributed by atoms with Crippen LogP contribution in [0.5, 0.6) is 5.75 Å². The first-order valence-corrected chi connectivity index (χ1v) is 7.51. The fraction of sp³-hybridized carbons (Fsp3) is 0.333. The summed E-state index contributed by atoms with van der Waals surface area (Å²) in [6.45, 7) is 0. The topological polar surface area (TPSA) is 61.0 Å². The third kappa shape index (κ3) is 2.64. The molecule has 20 heavy (non-hydrogen) atoms. The van der Waals surface area contributed by atoms with Gasteiger partial charge in [0.15, 0.2) is 0 Å². The molecule has 2 unspecified atom stereocenters. The molecule has 0 fully saturated rings. The maximum Gasteiger partial charge on any atom is 0.119 e. The van der Waals surface area contributed by atoms with Crippen molar-refractivity contribution >= 4 is 11.8 Å². The van der Waals surface area contributed by atoms with Gasteiger partial charge in [0.05, 0.1) is 13.3 Å². The number of rotatable bonds is 3.